The van der Waals surface area contributed by atoms with E-state index in [-0.39, 0.29) is 36.2 Å². The topological polar surface area (TPSA) is 128 Å². The fourth-order valence-corrected chi connectivity index (χ4v) is 3.58. The van der Waals surface area contributed by atoms with Gasteiger partial charge in [0.2, 0.25) is 18.2 Å². The maximum Gasteiger partial charge on any atom is 0.243 e. The molecule has 1 fully saturated rings. The van der Waals surface area contributed by atoms with Gasteiger partial charge in [0.25, 0.3) is 0 Å². The SMILES string of the molecule is CC[C@@H]1CC(C(=O)N[C@H](C)CS/C=C(\C)C(=N)N)N(C(=O)CNC=O)C1. The summed E-state index contributed by atoms with van der Waals surface area (Å²) in [5, 5.41) is 14.4. The molecule has 1 rings (SSSR count). The quantitative estimate of drug-likeness (QED) is 0.247. The predicted octanol–water partition coefficient (Wildman–Crippen LogP) is 0.437. The third kappa shape index (κ3) is 6.70. The number of hydrogen-bond donors (Lipinski definition) is 4. The van der Waals surface area contributed by atoms with E-state index in [1.165, 1.54) is 11.8 Å². The van der Waals surface area contributed by atoms with E-state index in [4.69, 9.17) is 11.1 Å². The first-order chi connectivity index (χ1) is 12.3. The van der Waals surface area contributed by atoms with Gasteiger partial charge in [-0.15, -0.1) is 11.8 Å². The van der Waals surface area contributed by atoms with Gasteiger partial charge in [-0.1, -0.05) is 13.3 Å². The van der Waals surface area contributed by atoms with Crippen molar-refractivity contribution in [3.8, 4) is 0 Å². The average Bonchev–Trinajstić information content (AvgIpc) is 3.04. The van der Waals surface area contributed by atoms with Gasteiger partial charge in [0.15, 0.2) is 0 Å². The smallest absolute Gasteiger partial charge is 0.243 e. The largest absolute Gasteiger partial charge is 0.384 e. The van der Waals surface area contributed by atoms with Gasteiger partial charge >= 0.3 is 0 Å². The Morgan fingerprint density at radius 1 is 1.46 bits per heavy atom. The van der Waals surface area contributed by atoms with Crippen molar-refractivity contribution in [2.45, 2.75) is 45.7 Å². The van der Waals surface area contributed by atoms with E-state index in [1.54, 1.807) is 17.2 Å². The number of amides is 3. The van der Waals surface area contributed by atoms with Crippen molar-refractivity contribution in [3.05, 3.63) is 11.0 Å². The number of hydrogen-bond acceptors (Lipinski definition) is 5. The Morgan fingerprint density at radius 3 is 2.73 bits per heavy atom. The van der Waals surface area contributed by atoms with Crippen molar-refractivity contribution in [2.24, 2.45) is 11.7 Å². The second-order valence-electron chi connectivity index (χ2n) is 6.53. The molecule has 0 aromatic heterocycles. The van der Waals surface area contributed by atoms with Crippen LogP contribution in [0, 0.1) is 11.3 Å². The minimum atomic E-state index is -0.497. The Balaban J connectivity index is 2.61. The van der Waals surface area contributed by atoms with Crippen LogP contribution >= 0.6 is 11.8 Å². The number of carbonyl (C=O) groups is 3. The van der Waals surface area contributed by atoms with E-state index in [0.717, 1.165) is 6.42 Å². The lowest BCUT2D eigenvalue weighted by atomic mass is 10.0. The van der Waals surface area contributed by atoms with Crippen LogP contribution in [-0.4, -0.2) is 59.9 Å². The predicted molar refractivity (Wildman–Crippen MR) is 104 cm³/mol. The van der Waals surface area contributed by atoms with Gasteiger partial charge in [-0.3, -0.25) is 19.8 Å². The molecule has 0 saturated carbocycles. The Bertz CT molecular complexity index is 567. The summed E-state index contributed by atoms with van der Waals surface area (Å²) in [5.41, 5.74) is 6.08. The van der Waals surface area contributed by atoms with Crippen molar-refractivity contribution in [1.29, 1.82) is 5.41 Å². The number of amidine groups is 1. The van der Waals surface area contributed by atoms with Crippen molar-refractivity contribution in [3.63, 3.8) is 0 Å². The average molecular weight is 384 g/mol. The molecule has 0 bridgehead atoms. The zero-order valence-electron chi connectivity index (χ0n) is 15.6. The lowest BCUT2D eigenvalue weighted by molar-refractivity contribution is -0.138. The van der Waals surface area contributed by atoms with E-state index < -0.39 is 6.04 Å². The molecular formula is C17H29N5O3S. The van der Waals surface area contributed by atoms with Crippen molar-refractivity contribution < 1.29 is 14.4 Å². The zero-order valence-corrected chi connectivity index (χ0v) is 16.4. The molecule has 1 aliphatic heterocycles. The summed E-state index contributed by atoms with van der Waals surface area (Å²) in [7, 11) is 0. The molecule has 0 aromatic carbocycles. The highest BCUT2D eigenvalue weighted by Crippen LogP contribution is 2.26. The fourth-order valence-electron chi connectivity index (χ4n) is 2.74. The highest BCUT2D eigenvalue weighted by molar-refractivity contribution is 8.02. The normalized spacial score (nSPS) is 21.2. The van der Waals surface area contributed by atoms with Crippen molar-refractivity contribution >= 4 is 35.8 Å². The van der Waals surface area contributed by atoms with E-state index in [0.29, 0.717) is 30.7 Å². The minimum absolute atomic E-state index is 0.0313. The van der Waals surface area contributed by atoms with Gasteiger partial charge in [0.05, 0.1) is 6.54 Å². The standard InChI is InChI=1S/C17H29N5O3S/c1-4-13-5-14(22(7-13)15(24)6-20-10-23)17(25)21-12(3)9-26-8-11(2)16(18)19/h8,10,12-14H,4-7,9H2,1-3H3,(H3,18,19)(H,20,23)(H,21,25)/b11-8+/t12-,13-,14?/m1/s1. The number of nitrogens with one attached hydrogen (secondary N) is 3. The van der Waals surface area contributed by atoms with E-state index in [2.05, 4.69) is 10.6 Å². The van der Waals surface area contributed by atoms with E-state index >= 15 is 0 Å². The zero-order chi connectivity index (χ0) is 19.7. The van der Waals surface area contributed by atoms with Gasteiger partial charge < -0.3 is 21.3 Å². The monoisotopic (exact) mass is 383 g/mol. The number of likely N-dealkylation sites (tertiary alicyclic amines) is 1. The lowest BCUT2D eigenvalue weighted by Crippen LogP contribution is -2.50. The molecule has 146 valence electrons. The highest BCUT2D eigenvalue weighted by atomic mass is 32.2. The fraction of sp³-hybridized carbons (Fsp3) is 0.647. The Hall–Kier alpha value is -2.03. The summed E-state index contributed by atoms with van der Waals surface area (Å²) >= 11 is 1.48. The number of rotatable bonds is 10. The molecule has 0 radical (unpaired) electrons. The number of nitrogens with zero attached hydrogens (tertiary/aromatic N) is 1. The Morgan fingerprint density at radius 2 is 2.15 bits per heavy atom. The molecule has 0 aromatic rings. The summed E-state index contributed by atoms with van der Waals surface area (Å²) in [5.74, 6) is 0.553. The molecule has 1 saturated heterocycles. The summed E-state index contributed by atoms with van der Waals surface area (Å²) in [6.45, 7) is 6.15. The van der Waals surface area contributed by atoms with Gasteiger partial charge in [0, 0.05) is 18.3 Å². The molecule has 1 heterocycles. The first-order valence-corrected chi connectivity index (χ1v) is 9.74. The third-order valence-corrected chi connectivity index (χ3v) is 5.56. The number of nitrogens with two attached hydrogens (primary N) is 1. The Labute approximate surface area is 158 Å². The van der Waals surface area contributed by atoms with Gasteiger partial charge in [0.1, 0.15) is 11.9 Å². The maximum atomic E-state index is 12.6. The molecule has 3 atom stereocenters. The molecule has 26 heavy (non-hydrogen) atoms. The first kappa shape index (κ1) is 22.0. The summed E-state index contributed by atoms with van der Waals surface area (Å²) in [6, 6.07) is -0.586. The second kappa shape index (κ2) is 10.8. The summed E-state index contributed by atoms with van der Waals surface area (Å²) in [6.07, 6.45) is 2.02. The van der Waals surface area contributed by atoms with Crippen molar-refractivity contribution in [2.75, 3.05) is 18.8 Å². The van der Waals surface area contributed by atoms with Gasteiger partial charge in [-0.2, -0.15) is 0 Å². The molecule has 1 aliphatic rings. The highest BCUT2D eigenvalue weighted by Gasteiger charge is 2.38. The molecule has 9 heteroatoms. The minimum Gasteiger partial charge on any atom is -0.384 e. The van der Waals surface area contributed by atoms with Crippen LogP contribution in [0.4, 0.5) is 0 Å². The van der Waals surface area contributed by atoms with Crippen LogP contribution in [0.25, 0.3) is 0 Å². The second-order valence-corrected chi connectivity index (χ2v) is 7.43. The molecular weight excluding hydrogens is 354 g/mol. The summed E-state index contributed by atoms with van der Waals surface area (Å²) in [4.78, 5) is 36.9. The van der Waals surface area contributed by atoms with E-state index in [9.17, 15) is 14.4 Å². The molecule has 0 aliphatic carbocycles. The van der Waals surface area contributed by atoms with Crippen LogP contribution in [0.5, 0.6) is 0 Å². The first-order valence-electron chi connectivity index (χ1n) is 8.69. The van der Waals surface area contributed by atoms with Crippen LogP contribution in [0.3, 0.4) is 0 Å². The molecule has 8 nitrogen and oxygen atoms in total. The molecule has 1 unspecified atom stereocenters. The van der Waals surface area contributed by atoms with Crippen LogP contribution in [0.1, 0.15) is 33.6 Å². The number of thioether (sulfide) groups is 1. The van der Waals surface area contributed by atoms with Crippen LogP contribution in [0.2, 0.25) is 0 Å². The van der Waals surface area contributed by atoms with Crippen LogP contribution in [-0.2, 0) is 14.4 Å². The van der Waals surface area contributed by atoms with Gasteiger partial charge in [-0.05, 0) is 37.2 Å². The lowest BCUT2D eigenvalue weighted by Gasteiger charge is -2.25. The van der Waals surface area contributed by atoms with E-state index in [1.807, 2.05) is 13.8 Å². The third-order valence-electron chi connectivity index (χ3n) is 4.34. The van der Waals surface area contributed by atoms with Gasteiger partial charge in [-0.25, -0.2) is 0 Å². The molecule has 0 spiro atoms. The van der Waals surface area contributed by atoms with Crippen LogP contribution in [0.15, 0.2) is 11.0 Å². The Kier molecular flexibility index (Phi) is 9.18. The van der Waals surface area contributed by atoms with Crippen molar-refractivity contribution in [1.82, 2.24) is 15.5 Å². The molecule has 5 N–H and O–H groups in total. The number of carbonyl (C=O) groups excluding carboxylic acids is 3. The molecule has 3 amide bonds. The summed E-state index contributed by atoms with van der Waals surface area (Å²) < 4.78 is 0. The van der Waals surface area contributed by atoms with Crippen LogP contribution < -0.4 is 16.4 Å². The maximum absolute atomic E-state index is 12.6.